The first-order valence-corrected chi connectivity index (χ1v) is 5.85. The molecule has 90 valence electrons. The van der Waals surface area contributed by atoms with Crippen LogP contribution in [0.25, 0.3) is 0 Å². The molecule has 17 heavy (non-hydrogen) atoms. The van der Waals surface area contributed by atoms with Gasteiger partial charge in [-0.25, -0.2) is 0 Å². The minimum absolute atomic E-state index is 0.470. The Morgan fingerprint density at radius 3 is 3.18 bits per heavy atom. The van der Waals surface area contributed by atoms with Gasteiger partial charge in [0.2, 0.25) is 0 Å². The lowest BCUT2D eigenvalue weighted by Gasteiger charge is -2.03. The SMILES string of the molecule is CC(C)CN/N=C/c1ccc2c(c1)COB2O. The van der Waals surface area contributed by atoms with Crippen molar-refractivity contribution >= 4 is 18.8 Å². The first kappa shape index (κ1) is 12.1. The van der Waals surface area contributed by atoms with Crippen molar-refractivity contribution in [1.29, 1.82) is 0 Å². The molecule has 1 aromatic rings. The number of fused-ring (bicyclic) bond motifs is 1. The van der Waals surface area contributed by atoms with Crippen molar-refractivity contribution in [2.75, 3.05) is 6.54 Å². The van der Waals surface area contributed by atoms with Crippen molar-refractivity contribution in [3.8, 4) is 0 Å². The quantitative estimate of drug-likeness (QED) is 0.451. The highest BCUT2D eigenvalue weighted by atomic mass is 16.5. The number of rotatable bonds is 4. The Balaban J connectivity index is 1.99. The molecule has 1 aliphatic rings. The van der Waals surface area contributed by atoms with E-state index in [4.69, 9.17) is 4.65 Å². The van der Waals surface area contributed by atoms with E-state index in [-0.39, 0.29) is 0 Å². The minimum atomic E-state index is -0.768. The van der Waals surface area contributed by atoms with Crippen LogP contribution >= 0.6 is 0 Å². The molecule has 0 saturated heterocycles. The van der Waals surface area contributed by atoms with Crippen molar-refractivity contribution < 1.29 is 9.68 Å². The van der Waals surface area contributed by atoms with Crippen LogP contribution in [0.4, 0.5) is 0 Å². The van der Waals surface area contributed by atoms with Crippen molar-refractivity contribution in [3.63, 3.8) is 0 Å². The zero-order chi connectivity index (χ0) is 12.3. The molecule has 0 bridgehead atoms. The summed E-state index contributed by atoms with van der Waals surface area (Å²) in [7, 11) is -0.768. The topological polar surface area (TPSA) is 53.9 Å². The largest absolute Gasteiger partial charge is 0.491 e. The molecule has 1 heterocycles. The maximum absolute atomic E-state index is 9.48. The summed E-state index contributed by atoms with van der Waals surface area (Å²) in [6.45, 7) is 5.61. The normalized spacial score (nSPS) is 14.7. The van der Waals surface area contributed by atoms with Crippen LogP contribution in [0.15, 0.2) is 23.3 Å². The van der Waals surface area contributed by atoms with Crippen LogP contribution in [-0.2, 0) is 11.3 Å². The monoisotopic (exact) mass is 232 g/mol. The van der Waals surface area contributed by atoms with E-state index in [1.807, 2.05) is 18.2 Å². The van der Waals surface area contributed by atoms with Gasteiger partial charge >= 0.3 is 7.12 Å². The van der Waals surface area contributed by atoms with Gasteiger partial charge in [0.1, 0.15) is 0 Å². The van der Waals surface area contributed by atoms with E-state index in [0.29, 0.717) is 12.5 Å². The Hall–Kier alpha value is -1.33. The van der Waals surface area contributed by atoms with Gasteiger partial charge in [0.15, 0.2) is 0 Å². The highest BCUT2D eigenvalue weighted by Crippen LogP contribution is 2.10. The molecule has 0 saturated carbocycles. The molecule has 0 radical (unpaired) electrons. The lowest BCUT2D eigenvalue weighted by atomic mass is 9.79. The third-order valence-electron chi connectivity index (χ3n) is 2.63. The molecular weight excluding hydrogens is 215 g/mol. The third kappa shape index (κ3) is 3.08. The molecule has 0 unspecified atom stereocenters. The van der Waals surface area contributed by atoms with E-state index in [1.54, 1.807) is 6.21 Å². The summed E-state index contributed by atoms with van der Waals surface area (Å²) >= 11 is 0. The first-order chi connectivity index (χ1) is 8.16. The first-order valence-electron chi connectivity index (χ1n) is 5.85. The highest BCUT2D eigenvalue weighted by molar-refractivity contribution is 6.61. The Morgan fingerprint density at radius 1 is 1.59 bits per heavy atom. The van der Waals surface area contributed by atoms with E-state index in [1.165, 1.54) is 0 Å². The smallest absolute Gasteiger partial charge is 0.423 e. The predicted molar refractivity (Wildman–Crippen MR) is 69.3 cm³/mol. The molecule has 0 amide bonds. The van der Waals surface area contributed by atoms with Gasteiger partial charge in [-0.3, -0.25) is 0 Å². The Bertz CT molecular complexity index is 421. The van der Waals surface area contributed by atoms with Gasteiger partial charge in [-0.05, 0) is 28.6 Å². The summed E-state index contributed by atoms with van der Waals surface area (Å²) in [5.74, 6) is 0.579. The lowest BCUT2D eigenvalue weighted by molar-refractivity contribution is 0.275. The van der Waals surface area contributed by atoms with Gasteiger partial charge in [-0.1, -0.05) is 26.0 Å². The zero-order valence-electron chi connectivity index (χ0n) is 10.2. The molecule has 2 N–H and O–H groups in total. The third-order valence-corrected chi connectivity index (χ3v) is 2.63. The molecule has 0 aliphatic carbocycles. The summed E-state index contributed by atoms with van der Waals surface area (Å²) < 4.78 is 5.13. The molecule has 4 nitrogen and oxygen atoms in total. The van der Waals surface area contributed by atoms with Gasteiger partial charge < -0.3 is 15.1 Å². The summed E-state index contributed by atoms with van der Waals surface area (Å²) in [6.07, 6.45) is 1.79. The van der Waals surface area contributed by atoms with E-state index in [0.717, 1.165) is 23.1 Å². The van der Waals surface area contributed by atoms with Crippen molar-refractivity contribution in [1.82, 2.24) is 5.43 Å². The van der Waals surface area contributed by atoms with E-state index >= 15 is 0 Å². The summed E-state index contributed by atoms with van der Waals surface area (Å²) in [5, 5.41) is 13.6. The zero-order valence-corrected chi connectivity index (χ0v) is 10.2. The molecule has 1 aromatic carbocycles. The molecule has 0 spiro atoms. The van der Waals surface area contributed by atoms with Gasteiger partial charge in [0, 0.05) is 6.54 Å². The average molecular weight is 232 g/mol. The van der Waals surface area contributed by atoms with Crippen LogP contribution in [0.5, 0.6) is 0 Å². The second-order valence-corrected chi connectivity index (χ2v) is 4.64. The van der Waals surface area contributed by atoms with Gasteiger partial charge in [0.05, 0.1) is 12.8 Å². The fraction of sp³-hybridized carbons (Fsp3) is 0.417. The van der Waals surface area contributed by atoms with Crippen LogP contribution in [0.2, 0.25) is 0 Å². The number of nitrogens with one attached hydrogen (secondary N) is 1. The molecule has 0 fully saturated rings. The maximum atomic E-state index is 9.48. The predicted octanol–water partition coefficient (Wildman–Crippen LogP) is 0.484. The highest BCUT2D eigenvalue weighted by Gasteiger charge is 2.26. The van der Waals surface area contributed by atoms with Crippen LogP contribution < -0.4 is 10.9 Å². The number of benzene rings is 1. The molecule has 0 aromatic heterocycles. The van der Waals surface area contributed by atoms with Crippen molar-refractivity contribution in [3.05, 3.63) is 29.3 Å². The van der Waals surface area contributed by atoms with E-state index < -0.39 is 7.12 Å². The van der Waals surface area contributed by atoms with Crippen LogP contribution in [0.3, 0.4) is 0 Å². The average Bonchev–Trinajstić information content (AvgIpc) is 2.66. The van der Waals surface area contributed by atoms with E-state index in [9.17, 15) is 5.02 Å². The molecule has 5 heteroatoms. The Kier molecular flexibility index (Phi) is 3.81. The summed E-state index contributed by atoms with van der Waals surface area (Å²) in [4.78, 5) is 0. The van der Waals surface area contributed by atoms with Crippen molar-refractivity contribution in [2.45, 2.75) is 20.5 Å². The standard InChI is InChI=1S/C12H17BN2O2/c1-9(2)6-14-15-7-10-3-4-12-11(5-10)8-17-13(12)16/h3-5,7,9,14,16H,6,8H2,1-2H3/b15-7+. The second-order valence-electron chi connectivity index (χ2n) is 4.64. The number of nitrogens with zero attached hydrogens (tertiary/aromatic N) is 1. The second kappa shape index (κ2) is 5.34. The van der Waals surface area contributed by atoms with Gasteiger partial charge in [0.25, 0.3) is 0 Å². The minimum Gasteiger partial charge on any atom is -0.423 e. The number of hydrazone groups is 1. The number of hydrogen-bond donors (Lipinski definition) is 2. The Morgan fingerprint density at radius 2 is 2.41 bits per heavy atom. The van der Waals surface area contributed by atoms with Gasteiger partial charge in [-0.15, -0.1) is 0 Å². The lowest BCUT2D eigenvalue weighted by Crippen LogP contribution is -2.27. The van der Waals surface area contributed by atoms with Crippen LogP contribution in [0.1, 0.15) is 25.0 Å². The molecular formula is C12H17BN2O2. The summed E-state index contributed by atoms with van der Waals surface area (Å²) in [5.41, 5.74) is 5.90. The van der Waals surface area contributed by atoms with Crippen LogP contribution in [0, 0.1) is 5.92 Å². The summed E-state index contributed by atoms with van der Waals surface area (Å²) in [6, 6.07) is 5.81. The fourth-order valence-electron chi connectivity index (χ4n) is 1.69. The molecule has 0 atom stereocenters. The van der Waals surface area contributed by atoms with Gasteiger partial charge in [-0.2, -0.15) is 5.10 Å². The molecule has 1 aliphatic heterocycles. The Labute approximate surface area is 102 Å². The fourth-order valence-corrected chi connectivity index (χ4v) is 1.69. The van der Waals surface area contributed by atoms with E-state index in [2.05, 4.69) is 24.4 Å². The van der Waals surface area contributed by atoms with Crippen LogP contribution in [-0.4, -0.2) is 24.9 Å². The molecule has 2 rings (SSSR count). The maximum Gasteiger partial charge on any atom is 0.491 e. The van der Waals surface area contributed by atoms with Crippen molar-refractivity contribution in [2.24, 2.45) is 11.0 Å². The number of hydrogen-bond acceptors (Lipinski definition) is 4.